The van der Waals surface area contributed by atoms with E-state index in [9.17, 15) is 14.7 Å². The van der Waals surface area contributed by atoms with E-state index in [1.165, 1.54) is 12.1 Å². The summed E-state index contributed by atoms with van der Waals surface area (Å²) in [6.07, 6.45) is 0.630. The van der Waals surface area contributed by atoms with E-state index < -0.39 is 23.3 Å². The number of carbonyl (C=O) groups excluding carboxylic acids is 1. The Hall–Kier alpha value is -2.04. The van der Waals surface area contributed by atoms with Gasteiger partial charge in [-0.25, -0.2) is 0 Å². The summed E-state index contributed by atoms with van der Waals surface area (Å²) in [5, 5.41) is 18.3. The molecule has 1 aromatic carbocycles. The molecule has 1 aliphatic carbocycles. The van der Waals surface area contributed by atoms with Crippen LogP contribution in [0.3, 0.4) is 0 Å². The van der Waals surface area contributed by atoms with Crippen molar-refractivity contribution in [3.8, 4) is 5.75 Å². The van der Waals surface area contributed by atoms with Gasteiger partial charge in [-0.3, -0.25) is 9.59 Å². The standard InChI is InChI=1S/C14H16O5/c1-2-19-13(18)14(8-11(14)12(16)17)7-9-3-5-10(15)6-4-9/h3-6,11,15H,2,7-8H2,1H3,(H,16,17)/t11-,14+/m1/s1. The Kier molecular flexibility index (Phi) is 3.46. The molecule has 1 aliphatic rings. The molecule has 0 saturated heterocycles. The Morgan fingerprint density at radius 3 is 2.47 bits per heavy atom. The van der Waals surface area contributed by atoms with Crippen LogP contribution in [0.15, 0.2) is 24.3 Å². The summed E-state index contributed by atoms with van der Waals surface area (Å²) in [4.78, 5) is 23.1. The van der Waals surface area contributed by atoms with Crippen LogP contribution in [0.5, 0.6) is 5.75 Å². The van der Waals surface area contributed by atoms with E-state index in [0.717, 1.165) is 5.56 Å². The van der Waals surface area contributed by atoms with Crippen molar-refractivity contribution >= 4 is 11.9 Å². The van der Waals surface area contributed by atoms with Crippen molar-refractivity contribution in [3.05, 3.63) is 29.8 Å². The topological polar surface area (TPSA) is 83.8 Å². The van der Waals surface area contributed by atoms with Gasteiger partial charge in [-0.2, -0.15) is 0 Å². The van der Waals surface area contributed by atoms with Gasteiger partial charge in [0.05, 0.1) is 17.9 Å². The fraction of sp³-hybridized carbons (Fsp3) is 0.429. The quantitative estimate of drug-likeness (QED) is 0.789. The zero-order valence-electron chi connectivity index (χ0n) is 10.6. The van der Waals surface area contributed by atoms with Crippen molar-refractivity contribution < 1.29 is 24.5 Å². The number of rotatable bonds is 5. The van der Waals surface area contributed by atoms with Crippen LogP contribution in [0.1, 0.15) is 18.9 Å². The van der Waals surface area contributed by atoms with Gasteiger partial charge in [-0.15, -0.1) is 0 Å². The number of benzene rings is 1. The van der Waals surface area contributed by atoms with Crippen molar-refractivity contribution in [1.29, 1.82) is 0 Å². The summed E-state index contributed by atoms with van der Waals surface area (Å²) in [6, 6.07) is 6.42. The molecule has 1 fully saturated rings. The van der Waals surface area contributed by atoms with Crippen LogP contribution < -0.4 is 0 Å². The van der Waals surface area contributed by atoms with Gasteiger partial charge >= 0.3 is 11.9 Å². The molecule has 19 heavy (non-hydrogen) atoms. The van der Waals surface area contributed by atoms with Crippen molar-refractivity contribution in [1.82, 2.24) is 0 Å². The first-order valence-corrected chi connectivity index (χ1v) is 6.17. The average molecular weight is 264 g/mol. The second kappa shape index (κ2) is 4.91. The summed E-state index contributed by atoms with van der Waals surface area (Å²) in [6.45, 7) is 1.94. The molecule has 5 nitrogen and oxygen atoms in total. The molecule has 1 aromatic rings. The van der Waals surface area contributed by atoms with Crippen LogP contribution in [0.4, 0.5) is 0 Å². The monoisotopic (exact) mass is 264 g/mol. The van der Waals surface area contributed by atoms with Gasteiger partial charge in [0.2, 0.25) is 0 Å². The summed E-state index contributed by atoms with van der Waals surface area (Å²) >= 11 is 0. The molecule has 2 N–H and O–H groups in total. The summed E-state index contributed by atoms with van der Waals surface area (Å²) in [7, 11) is 0. The molecule has 2 rings (SSSR count). The molecule has 0 bridgehead atoms. The van der Waals surface area contributed by atoms with Crippen LogP contribution in [0, 0.1) is 11.3 Å². The Bertz CT molecular complexity index is 493. The second-order valence-electron chi connectivity index (χ2n) is 4.81. The Balaban J connectivity index is 2.18. The summed E-state index contributed by atoms with van der Waals surface area (Å²) in [5.74, 6) is -1.96. The van der Waals surface area contributed by atoms with E-state index >= 15 is 0 Å². The Labute approximate surface area is 110 Å². The minimum atomic E-state index is -0.966. The number of aliphatic carboxylic acids is 1. The SMILES string of the molecule is CCOC(=O)[C@@]1(Cc2ccc(O)cc2)C[C@@H]1C(=O)O. The largest absolute Gasteiger partial charge is 0.508 e. The van der Waals surface area contributed by atoms with Crippen LogP contribution in [-0.2, 0) is 20.7 Å². The number of carbonyl (C=O) groups is 2. The van der Waals surface area contributed by atoms with E-state index in [1.807, 2.05) is 0 Å². The van der Waals surface area contributed by atoms with Gasteiger partial charge in [0.25, 0.3) is 0 Å². The molecule has 0 spiro atoms. The van der Waals surface area contributed by atoms with Gasteiger partial charge in [-0.1, -0.05) is 12.1 Å². The van der Waals surface area contributed by atoms with Crippen LogP contribution in [0.2, 0.25) is 0 Å². The third-order valence-electron chi connectivity index (χ3n) is 3.51. The Morgan fingerprint density at radius 2 is 2.00 bits per heavy atom. The lowest BCUT2D eigenvalue weighted by Crippen LogP contribution is -2.26. The van der Waals surface area contributed by atoms with Gasteiger partial charge in [0, 0.05) is 0 Å². The number of hydrogen-bond donors (Lipinski definition) is 2. The first-order chi connectivity index (χ1) is 8.99. The van der Waals surface area contributed by atoms with E-state index in [0.29, 0.717) is 12.8 Å². The van der Waals surface area contributed by atoms with E-state index in [-0.39, 0.29) is 12.4 Å². The minimum Gasteiger partial charge on any atom is -0.508 e. The molecule has 102 valence electrons. The van der Waals surface area contributed by atoms with Crippen molar-refractivity contribution in [2.45, 2.75) is 19.8 Å². The number of esters is 1. The predicted molar refractivity (Wildman–Crippen MR) is 66.6 cm³/mol. The summed E-state index contributed by atoms with van der Waals surface area (Å²) < 4.78 is 4.99. The number of ether oxygens (including phenoxy) is 1. The third kappa shape index (κ3) is 2.54. The fourth-order valence-corrected chi connectivity index (χ4v) is 2.37. The normalized spacial score (nSPS) is 24.8. The highest BCUT2D eigenvalue weighted by molar-refractivity contribution is 5.90. The van der Waals surface area contributed by atoms with Crippen LogP contribution in [-0.4, -0.2) is 28.8 Å². The molecule has 0 amide bonds. The molecule has 0 aliphatic heterocycles. The molecular formula is C14H16O5. The fourth-order valence-electron chi connectivity index (χ4n) is 2.37. The number of carboxylic acids is 1. The minimum absolute atomic E-state index is 0.138. The summed E-state index contributed by atoms with van der Waals surface area (Å²) in [5.41, 5.74) is -0.131. The lowest BCUT2D eigenvalue weighted by atomic mass is 9.94. The Morgan fingerprint density at radius 1 is 1.37 bits per heavy atom. The maximum absolute atomic E-state index is 12.0. The van der Waals surface area contributed by atoms with Crippen LogP contribution >= 0.6 is 0 Å². The van der Waals surface area contributed by atoms with Crippen molar-refractivity contribution in [2.75, 3.05) is 6.61 Å². The lowest BCUT2D eigenvalue weighted by molar-refractivity contribution is -0.153. The van der Waals surface area contributed by atoms with Crippen molar-refractivity contribution in [2.24, 2.45) is 11.3 Å². The van der Waals surface area contributed by atoms with Gasteiger partial charge in [-0.05, 0) is 37.5 Å². The van der Waals surface area contributed by atoms with E-state index in [4.69, 9.17) is 9.84 Å². The highest BCUT2D eigenvalue weighted by Crippen LogP contribution is 2.55. The van der Waals surface area contributed by atoms with Gasteiger partial charge in [0.1, 0.15) is 5.75 Å². The van der Waals surface area contributed by atoms with Crippen LogP contribution in [0.25, 0.3) is 0 Å². The highest BCUT2D eigenvalue weighted by Gasteiger charge is 2.64. The zero-order chi connectivity index (χ0) is 14.0. The third-order valence-corrected chi connectivity index (χ3v) is 3.51. The number of phenols is 1. The number of aromatic hydroxyl groups is 1. The highest BCUT2D eigenvalue weighted by atomic mass is 16.5. The van der Waals surface area contributed by atoms with Crippen molar-refractivity contribution in [3.63, 3.8) is 0 Å². The zero-order valence-corrected chi connectivity index (χ0v) is 10.6. The smallest absolute Gasteiger partial charge is 0.313 e. The molecule has 0 heterocycles. The predicted octanol–water partition coefficient (Wildman–Crippen LogP) is 1.59. The maximum atomic E-state index is 12.0. The van der Waals surface area contributed by atoms with Gasteiger partial charge < -0.3 is 14.9 Å². The number of hydrogen-bond acceptors (Lipinski definition) is 4. The molecule has 0 unspecified atom stereocenters. The maximum Gasteiger partial charge on any atom is 0.313 e. The number of carboxylic acid groups (broad SMARTS) is 1. The van der Waals surface area contributed by atoms with E-state index in [2.05, 4.69) is 0 Å². The lowest BCUT2D eigenvalue weighted by Gasteiger charge is -2.15. The van der Waals surface area contributed by atoms with E-state index in [1.54, 1.807) is 19.1 Å². The molecule has 5 heteroatoms. The molecular weight excluding hydrogens is 248 g/mol. The molecule has 2 atom stereocenters. The second-order valence-corrected chi connectivity index (χ2v) is 4.81. The first kappa shape index (κ1) is 13.4. The molecule has 1 saturated carbocycles. The number of phenolic OH excluding ortho intramolecular Hbond substituents is 1. The molecule has 0 radical (unpaired) electrons. The first-order valence-electron chi connectivity index (χ1n) is 6.17. The van der Waals surface area contributed by atoms with Gasteiger partial charge in [0.15, 0.2) is 0 Å². The molecule has 0 aromatic heterocycles. The average Bonchev–Trinajstić information content (AvgIpc) is 3.09.